The smallest absolute Gasteiger partial charge is 0.243 e. The summed E-state index contributed by atoms with van der Waals surface area (Å²) in [5, 5.41) is 13.2. The SMILES string of the molecule is O=C(NC1CCCCCC1)[C@H]1CCCN1c1nnc(N2CCCC2=O)s1. The van der Waals surface area contributed by atoms with E-state index < -0.39 is 0 Å². The molecule has 4 rings (SSSR count). The van der Waals surface area contributed by atoms with Gasteiger partial charge in [0, 0.05) is 25.6 Å². The molecule has 3 aliphatic rings. The Hall–Kier alpha value is -1.70. The second-order valence-corrected chi connectivity index (χ2v) is 8.50. The Labute approximate surface area is 158 Å². The molecule has 26 heavy (non-hydrogen) atoms. The number of hydrogen-bond donors (Lipinski definition) is 1. The maximum Gasteiger partial charge on any atom is 0.243 e. The quantitative estimate of drug-likeness (QED) is 0.816. The number of carbonyl (C=O) groups excluding carboxylic acids is 2. The second-order valence-electron chi connectivity index (χ2n) is 7.56. The molecule has 7 nitrogen and oxygen atoms in total. The summed E-state index contributed by atoms with van der Waals surface area (Å²) in [5.41, 5.74) is 0. The molecular formula is C18H27N5O2S. The summed E-state index contributed by atoms with van der Waals surface area (Å²) in [6, 6.07) is 0.160. The van der Waals surface area contributed by atoms with E-state index in [0.717, 1.165) is 50.3 Å². The van der Waals surface area contributed by atoms with E-state index in [1.807, 2.05) is 0 Å². The van der Waals surface area contributed by atoms with Gasteiger partial charge >= 0.3 is 0 Å². The minimum Gasteiger partial charge on any atom is -0.352 e. The number of rotatable bonds is 4. The van der Waals surface area contributed by atoms with E-state index in [0.29, 0.717) is 17.6 Å². The first-order valence-electron chi connectivity index (χ1n) is 9.93. The highest BCUT2D eigenvalue weighted by Gasteiger charge is 2.35. The van der Waals surface area contributed by atoms with Crippen molar-refractivity contribution in [2.45, 2.75) is 76.3 Å². The average molecular weight is 378 g/mol. The molecule has 1 aromatic heterocycles. The second kappa shape index (κ2) is 7.90. The fourth-order valence-corrected chi connectivity index (χ4v) is 5.24. The highest BCUT2D eigenvalue weighted by Crippen LogP contribution is 2.33. The van der Waals surface area contributed by atoms with Gasteiger partial charge < -0.3 is 10.2 Å². The van der Waals surface area contributed by atoms with Gasteiger partial charge in [-0.1, -0.05) is 37.0 Å². The van der Waals surface area contributed by atoms with Crippen molar-refractivity contribution in [2.75, 3.05) is 22.9 Å². The summed E-state index contributed by atoms with van der Waals surface area (Å²) in [6.07, 6.45) is 10.5. The van der Waals surface area contributed by atoms with Crippen molar-refractivity contribution in [2.24, 2.45) is 0 Å². The molecule has 3 heterocycles. The maximum absolute atomic E-state index is 12.9. The lowest BCUT2D eigenvalue weighted by atomic mass is 10.1. The normalized spacial score (nSPS) is 24.9. The predicted molar refractivity (Wildman–Crippen MR) is 101 cm³/mol. The van der Waals surface area contributed by atoms with Gasteiger partial charge in [-0.05, 0) is 32.1 Å². The van der Waals surface area contributed by atoms with Crippen LogP contribution in [0.5, 0.6) is 0 Å². The van der Waals surface area contributed by atoms with Crippen LogP contribution < -0.4 is 15.1 Å². The number of aromatic nitrogens is 2. The summed E-state index contributed by atoms with van der Waals surface area (Å²) in [7, 11) is 0. The third-order valence-corrected chi connectivity index (χ3v) is 6.69. The van der Waals surface area contributed by atoms with Crippen molar-refractivity contribution in [3.8, 4) is 0 Å². The van der Waals surface area contributed by atoms with Crippen LogP contribution in [-0.2, 0) is 9.59 Å². The average Bonchev–Trinajstić information content (AvgIpc) is 3.33. The largest absolute Gasteiger partial charge is 0.352 e. The Morgan fingerprint density at radius 3 is 2.46 bits per heavy atom. The molecule has 0 unspecified atom stereocenters. The van der Waals surface area contributed by atoms with E-state index in [9.17, 15) is 9.59 Å². The molecule has 1 N–H and O–H groups in total. The van der Waals surface area contributed by atoms with Gasteiger partial charge in [0.25, 0.3) is 0 Å². The molecule has 2 amide bonds. The molecule has 2 aliphatic heterocycles. The summed E-state index contributed by atoms with van der Waals surface area (Å²) in [6.45, 7) is 1.55. The lowest BCUT2D eigenvalue weighted by Gasteiger charge is -2.25. The molecule has 1 aliphatic carbocycles. The van der Waals surface area contributed by atoms with Gasteiger partial charge in [-0.15, -0.1) is 10.2 Å². The van der Waals surface area contributed by atoms with E-state index in [1.54, 1.807) is 4.90 Å². The molecule has 2 saturated heterocycles. The van der Waals surface area contributed by atoms with Crippen LogP contribution in [0.1, 0.15) is 64.2 Å². The Morgan fingerprint density at radius 1 is 0.962 bits per heavy atom. The van der Waals surface area contributed by atoms with Crippen molar-refractivity contribution in [1.82, 2.24) is 15.5 Å². The van der Waals surface area contributed by atoms with Gasteiger partial charge in [-0.25, -0.2) is 0 Å². The van der Waals surface area contributed by atoms with E-state index in [4.69, 9.17) is 0 Å². The van der Waals surface area contributed by atoms with Gasteiger partial charge in [-0.3, -0.25) is 14.5 Å². The number of anilines is 2. The van der Waals surface area contributed by atoms with E-state index in [2.05, 4.69) is 20.4 Å². The number of amides is 2. The fourth-order valence-electron chi connectivity index (χ4n) is 4.27. The van der Waals surface area contributed by atoms with Crippen LogP contribution in [0.3, 0.4) is 0 Å². The summed E-state index contributed by atoms with van der Waals surface area (Å²) >= 11 is 1.43. The third kappa shape index (κ3) is 3.70. The Bertz CT molecular complexity index is 656. The summed E-state index contributed by atoms with van der Waals surface area (Å²) < 4.78 is 0. The lowest BCUT2D eigenvalue weighted by molar-refractivity contribution is -0.123. The van der Waals surface area contributed by atoms with Gasteiger partial charge in [0.1, 0.15) is 6.04 Å². The van der Waals surface area contributed by atoms with Crippen molar-refractivity contribution >= 4 is 33.4 Å². The molecule has 1 aromatic rings. The predicted octanol–water partition coefficient (Wildman–Crippen LogP) is 2.47. The van der Waals surface area contributed by atoms with Gasteiger partial charge in [0.15, 0.2) is 0 Å². The van der Waals surface area contributed by atoms with Crippen LogP contribution in [0.15, 0.2) is 0 Å². The summed E-state index contributed by atoms with van der Waals surface area (Å²) in [5.74, 6) is 0.250. The highest BCUT2D eigenvalue weighted by atomic mass is 32.1. The standard InChI is InChI=1S/C18H27N5O2S/c24-15-10-6-12-23(15)18-21-20-17(26-18)22-11-5-9-14(22)16(25)19-13-7-3-1-2-4-8-13/h13-14H,1-12H2,(H,19,25)/t14-/m1/s1. The molecule has 142 valence electrons. The van der Waals surface area contributed by atoms with Gasteiger partial charge in [0.05, 0.1) is 0 Å². The minimum absolute atomic E-state index is 0.122. The monoisotopic (exact) mass is 377 g/mol. The van der Waals surface area contributed by atoms with Crippen molar-refractivity contribution in [3.63, 3.8) is 0 Å². The highest BCUT2D eigenvalue weighted by molar-refractivity contribution is 7.19. The fraction of sp³-hybridized carbons (Fsp3) is 0.778. The van der Waals surface area contributed by atoms with Crippen molar-refractivity contribution in [1.29, 1.82) is 0 Å². The van der Waals surface area contributed by atoms with Crippen LogP contribution in [0, 0.1) is 0 Å². The zero-order valence-corrected chi connectivity index (χ0v) is 16.0. The molecule has 0 spiro atoms. The van der Waals surface area contributed by atoms with Crippen LogP contribution in [0.4, 0.5) is 10.3 Å². The third-order valence-electron chi connectivity index (χ3n) is 5.71. The first-order valence-corrected chi connectivity index (χ1v) is 10.7. The van der Waals surface area contributed by atoms with Crippen LogP contribution in [0.2, 0.25) is 0 Å². The lowest BCUT2D eigenvalue weighted by Crippen LogP contribution is -2.47. The zero-order valence-electron chi connectivity index (χ0n) is 15.2. The Balaban J connectivity index is 1.42. The molecule has 0 radical (unpaired) electrons. The van der Waals surface area contributed by atoms with Gasteiger partial charge in [-0.2, -0.15) is 0 Å². The molecule has 1 saturated carbocycles. The van der Waals surface area contributed by atoms with E-state index in [1.165, 1.54) is 37.0 Å². The maximum atomic E-state index is 12.9. The first kappa shape index (κ1) is 17.7. The first-order chi connectivity index (χ1) is 12.7. The van der Waals surface area contributed by atoms with Crippen LogP contribution in [0.25, 0.3) is 0 Å². The van der Waals surface area contributed by atoms with Crippen molar-refractivity contribution < 1.29 is 9.59 Å². The molecule has 3 fully saturated rings. The van der Waals surface area contributed by atoms with E-state index in [-0.39, 0.29) is 17.9 Å². The number of hydrogen-bond acceptors (Lipinski definition) is 6. The van der Waals surface area contributed by atoms with Gasteiger partial charge in [0.2, 0.25) is 22.1 Å². The molecule has 8 heteroatoms. The van der Waals surface area contributed by atoms with E-state index >= 15 is 0 Å². The number of nitrogens with zero attached hydrogens (tertiary/aromatic N) is 4. The van der Waals surface area contributed by atoms with Crippen LogP contribution in [-0.4, -0.2) is 47.2 Å². The molecular weight excluding hydrogens is 350 g/mol. The zero-order chi connectivity index (χ0) is 17.9. The molecule has 0 aromatic carbocycles. The number of carbonyl (C=O) groups is 2. The minimum atomic E-state index is -0.159. The molecule has 0 bridgehead atoms. The van der Waals surface area contributed by atoms with Crippen LogP contribution >= 0.6 is 11.3 Å². The number of nitrogens with one attached hydrogen (secondary N) is 1. The van der Waals surface area contributed by atoms with Crippen molar-refractivity contribution in [3.05, 3.63) is 0 Å². The Kier molecular flexibility index (Phi) is 5.38. The molecule has 1 atom stereocenters. The summed E-state index contributed by atoms with van der Waals surface area (Å²) in [4.78, 5) is 28.6. The topological polar surface area (TPSA) is 78.4 Å². The Morgan fingerprint density at radius 2 is 1.73 bits per heavy atom.